The van der Waals surface area contributed by atoms with E-state index in [0.29, 0.717) is 17.6 Å². The van der Waals surface area contributed by atoms with Crippen LogP contribution in [0.25, 0.3) is 11.4 Å². The number of alkyl halides is 6. The molecule has 1 fully saturated rings. The Kier molecular flexibility index (Phi) is 9.53. The van der Waals surface area contributed by atoms with Crippen molar-refractivity contribution in [2.45, 2.75) is 24.8 Å². The van der Waals surface area contributed by atoms with Crippen LogP contribution in [0.3, 0.4) is 0 Å². The zero-order valence-electron chi connectivity index (χ0n) is 17.1. The fourth-order valence-corrected chi connectivity index (χ4v) is 2.40. The lowest BCUT2D eigenvalue weighted by Crippen LogP contribution is -2.30. The standard InChI is InChI=1S/C12H16FN7.2C2HF3O2/c1-15-7-2-3-20(6-7)10-4-9(17-12(14)18-10)11-8(13)5-16-19-11;2*3-2(4,5)1(6)7/h4-5,7,15H,2-3,6H2,1H3,(H,16,19)(H2,14,17,18);2*(H,6,7)/t7-;;/m1../s1. The molecule has 0 radical (unpaired) electrons. The number of carbonyl (C=O) groups is 2. The van der Waals surface area contributed by atoms with Crippen LogP contribution in [0, 0.1) is 5.82 Å². The zero-order chi connectivity index (χ0) is 26.3. The maximum atomic E-state index is 13.6. The van der Waals surface area contributed by atoms with E-state index in [1.165, 1.54) is 0 Å². The van der Waals surface area contributed by atoms with Crippen LogP contribution in [0.1, 0.15) is 6.42 Å². The molecule has 6 N–H and O–H groups in total. The third-order valence-electron chi connectivity index (χ3n) is 3.98. The van der Waals surface area contributed by atoms with E-state index in [9.17, 15) is 30.7 Å². The number of nitrogen functional groups attached to an aromatic ring is 1. The quantitative estimate of drug-likeness (QED) is 0.387. The van der Waals surface area contributed by atoms with Crippen LogP contribution < -0.4 is 16.0 Å². The Hall–Kier alpha value is -3.70. The van der Waals surface area contributed by atoms with Gasteiger partial charge in [0.1, 0.15) is 11.5 Å². The lowest BCUT2D eigenvalue weighted by Gasteiger charge is -2.18. The molecule has 2 aromatic heterocycles. The van der Waals surface area contributed by atoms with Gasteiger partial charge in [-0.1, -0.05) is 0 Å². The summed E-state index contributed by atoms with van der Waals surface area (Å²) in [7, 11) is 1.94. The zero-order valence-corrected chi connectivity index (χ0v) is 17.1. The van der Waals surface area contributed by atoms with Crippen LogP contribution in [-0.4, -0.2) is 80.8 Å². The maximum Gasteiger partial charge on any atom is 0.490 e. The number of likely N-dealkylation sites (N-methyl/N-ethyl adjacent to an activating group) is 1. The SMILES string of the molecule is CN[C@@H]1CCN(c2cc(-c3[nH]ncc3F)nc(N)n2)C1.O=C(O)C(F)(F)F.O=C(O)C(F)(F)F. The summed E-state index contributed by atoms with van der Waals surface area (Å²) in [6.45, 7) is 1.73. The molecular formula is C16H18F7N7O4. The van der Waals surface area contributed by atoms with E-state index in [4.69, 9.17) is 25.5 Å². The molecule has 0 aliphatic carbocycles. The summed E-state index contributed by atoms with van der Waals surface area (Å²) in [5, 5.41) is 23.7. The van der Waals surface area contributed by atoms with Gasteiger partial charge in [0.25, 0.3) is 0 Å². The van der Waals surface area contributed by atoms with Crippen molar-refractivity contribution in [3.8, 4) is 11.4 Å². The van der Waals surface area contributed by atoms with E-state index in [-0.39, 0.29) is 11.6 Å². The van der Waals surface area contributed by atoms with Crippen molar-refractivity contribution in [1.82, 2.24) is 25.5 Å². The highest BCUT2D eigenvalue weighted by atomic mass is 19.4. The van der Waals surface area contributed by atoms with Crippen LogP contribution >= 0.6 is 0 Å². The summed E-state index contributed by atoms with van der Waals surface area (Å²) in [5.41, 5.74) is 6.37. The van der Waals surface area contributed by atoms with Crippen molar-refractivity contribution in [3.63, 3.8) is 0 Å². The van der Waals surface area contributed by atoms with Crippen molar-refractivity contribution in [3.05, 3.63) is 18.1 Å². The third-order valence-corrected chi connectivity index (χ3v) is 3.98. The van der Waals surface area contributed by atoms with Gasteiger partial charge in [-0.3, -0.25) is 5.10 Å². The number of nitrogens with zero attached hydrogens (tertiary/aromatic N) is 4. The van der Waals surface area contributed by atoms with E-state index in [0.717, 1.165) is 25.7 Å². The first-order valence-corrected chi connectivity index (χ1v) is 8.92. The Morgan fingerprint density at radius 3 is 2.06 bits per heavy atom. The average Bonchev–Trinajstić information content (AvgIpc) is 3.36. The lowest BCUT2D eigenvalue weighted by atomic mass is 10.3. The molecule has 0 aromatic carbocycles. The highest BCUT2D eigenvalue weighted by Crippen LogP contribution is 2.25. The number of carboxylic acid groups (broad SMARTS) is 2. The summed E-state index contributed by atoms with van der Waals surface area (Å²) < 4.78 is 77.0. The number of hydrogen-bond donors (Lipinski definition) is 5. The number of aliphatic carboxylic acids is 2. The summed E-state index contributed by atoms with van der Waals surface area (Å²) >= 11 is 0. The first kappa shape index (κ1) is 28.3. The molecule has 3 rings (SSSR count). The van der Waals surface area contributed by atoms with Crippen LogP contribution in [0.15, 0.2) is 12.3 Å². The summed E-state index contributed by atoms with van der Waals surface area (Å²) in [6.07, 6.45) is -8.02. The van der Waals surface area contributed by atoms with Gasteiger partial charge in [0.2, 0.25) is 5.95 Å². The molecule has 1 aliphatic rings. The van der Waals surface area contributed by atoms with E-state index < -0.39 is 30.1 Å². The first-order chi connectivity index (χ1) is 15.6. The minimum Gasteiger partial charge on any atom is -0.475 e. The van der Waals surface area contributed by atoms with Crippen LogP contribution in [-0.2, 0) is 9.59 Å². The Balaban J connectivity index is 0.000000343. The molecule has 0 amide bonds. The number of nitrogens with two attached hydrogens (primary N) is 1. The second-order valence-corrected chi connectivity index (χ2v) is 6.39. The van der Waals surface area contributed by atoms with Crippen molar-refractivity contribution >= 4 is 23.7 Å². The molecule has 0 saturated carbocycles. The molecule has 11 nitrogen and oxygen atoms in total. The van der Waals surface area contributed by atoms with Gasteiger partial charge in [0, 0.05) is 25.2 Å². The summed E-state index contributed by atoms with van der Waals surface area (Å²) in [4.78, 5) is 28.2. The largest absolute Gasteiger partial charge is 0.490 e. The molecule has 1 atom stereocenters. The van der Waals surface area contributed by atoms with Gasteiger partial charge in [0.15, 0.2) is 5.82 Å². The number of rotatable bonds is 3. The predicted molar refractivity (Wildman–Crippen MR) is 101 cm³/mol. The topological polar surface area (TPSA) is 170 Å². The van der Waals surface area contributed by atoms with E-state index in [1.54, 1.807) is 6.07 Å². The second kappa shape index (κ2) is 11.4. The lowest BCUT2D eigenvalue weighted by molar-refractivity contribution is -0.193. The van der Waals surface area contributed by atoms with Gasteiger partial charge in [-0.2, -0.15) is 36.4 Å². The minimum absolute atomic E-state index is 0.124. The number of hydrogen-bond acceptors (Lipinski definition) is 8. The molecule has 0 unspecified atom stereocenters. The molecule has 2 aromatic rings. The van der Waals surface area contributed by atoms with Crippen molar-refractivity contribution in [2.24, 2.45) is 0 Å². The molecule has 18 heteroatoms. The number of H-pyrrole nitrogens is 1. The molecule has 34 heavy (non-hydrogen) atoms. The number of halogens is 7. The average molecular weight is 505 g/mol. The molecule has 1 aliphatic heterocycles. The third kappa shape index (κ3) is 8.68. The molecule has 3 heterocycles. The Labute approximate surface area is 185 Å². The molecule has 190 valence electrons. The van der Waals surface area contributed by atoms with Crippen LogP contribution in [0.4, 0.5) is 42.5 Å². The monoisotopic (exact) mass is 505 g/mol. The Morgan fingerprint density at radius 2 is 1.68 bits per heavy atom. The van der Waals surface area contributed by atoms with Gasteiger partial charge in [-0.15, -0.1) is 0 Å². The normalized spacial score (nSPS) is 15.6. The first-order valence-electron chi connectivity index (χ1n) is 8.92. The van der Waals surface area contributed by atoms with Gasteiger partial charge in [-0.25, -0.2) is 19.0 Å². The number of aromatic amines is 1. The summed E-state index contributed by atoms with van der Waals surface area (Å²) in [5.74, 6) is -5.14. The van der Waals surface area contributed by atoms with Gasteiger partial charge in [-0.05, 0) is 13.5 Å². The number of aromatic nitrogens is 4. The van der Waals surface area contributed by atoms with Crippen molar-refractivity contribution < 1.29 is 50.5 Å². The number of anilines is 2. The molecular weight excluding hydrogens is 487 g/mol. The van der Waals surface area contributed by atoms with Gasteiger partial charge in [0.05, 0.1) is 11.9 Å². The summed E-state index contributed by atoms with van der Waals surface area (Å²) in [6, 6.07) is 2.16. The van der Waals surface area contributed by atoms with Crippen LogP contribution in [0.5, 0.6) is 0 Å². The van der Waals surface area contributed by atoms with E-state index in [2.05, 4.69) is 30.4 Å². The molecule has 1 saturated heterocycles. The van der Waals surface area contributed by atoms with Crippen molar-refractivity contribution in [1.29, 1.82) is 0 Å². The van der Waals surface area contributed by atoms with Gasteiger partial charge >= 0.3 is 24.3 Å². The highest BCUT2D eigenvalue weighted by molar-refractivity contribution is 5.73. The highest BCUT2D eigenvalue weighted by Gasteiger charge is 2.38. The van der Waals surface area contributed by atoms with Crippen molar-refractivity contribution in [2.75, 3.05) is 30.8 Å². The fraction of sp³-hybridized carbons (Fsp3) is 0.438. The number of carboxylic acids is 2. The smallest absolute Gasteiger partial charge is 0.475 e. The van der Waals surface area contributed by atoms with Crippen LogP contribution in [0.2, 0.25) is 0 Å². The minimum atomic E-state index is -5.08. The molecule has 0 spiro atoms. The fourth-order valence-electron chi connectivity index (χ4n) is 2.40. The molecule has 0 bridgehead atoms. The predicted octanol–water partition coefficient (Wildman–Crippen LogP) is 1.65. The number of nitrogens with one attached hydrogen (secondary N) is 2. The van der Waals surface area contributed by atoms with Gasteiger partial charge < -0.3 is 26.2 Å². The Morgan fingerprint density at radius 1 is 1.15 bits per heavy atom. The second-order valence-electron chi connectivity index (χ2n) is 6.39. The van der Waals surface area contributed by atoms with E-state index in [1.807, 2.05) is 7.05 Å². The maximum absolute atomic E-state index is 13.6. The van der Waals surface area contributed by atoms with E-state index >= 15 is 0 Å². The Bertz CT molecular complexity index is 957.